The molecule has 0 spiro atoms. The highest BCUT2D eigenvalue weighted by atomic mass is 127. The number of aryl methyl sites for hydroxylation is 1. The summed E-state index contributed by atoms with van der Waals surface area (Å²) in [4.78, 5) is 4.20. The Labute approximate surface area is 118 Å². The number of rotatable bonds is 1. The summed E-state index contributed by atoms with van der Waals surface area (Å²) >= 11 is 2.23. The molecule has 0 saturated carbocycles. The minimum atomic E-state index is 0.581. The number of benzene rings is 1. The molecule has 0 unspecified atom stereocenters. The van der Waals surface area contributed by atoms with Crippen molar-refractivity contribution in [3.05, 3.63) is 40.4 Å². The molecule has 2 aromatic heterocycles. The normalized spacial score (nSPS) is 11.0. The Balaban J connectivity index is 2.20. The van der Waals surface area contributed by atoms with Gasteiger partial charge in [-0.25, -0.2) is 4.98 Å². The van der Waals surface area contributed by atoms with Crippen LogP contribution in [0.2, 0.25) is 0 Å². The van der Waals surface area contributed by atoms with E-state index in [0.717, 1.165) is 25.5 Å². The lowest BCUT2D eigenvalue weighted by Gasteiger charge is -2.05. The first kappa shape index (κ1) is 11.5. The number of fused-ring (bicyclic) bond motifs is 1. The van der Waals surface area contributed by atoms with Gasteiger partial charge in [0.05, 0.1) is 9.77 Å². The minimum absolute atomic E-state index is 0.581. The third-order valence-electron chi connectivity index (χ3n) is 2.89. The van der Waals surface area contributed by atoms with Crippen molar-refractivity contribution in [3.63, 3.8) is 0 Å². The molecule has 5 heteroatoms. The van der Waals surface area contributed by atoms with E-state index in [1.165, 1.54) is 0 Å². The average Bonchev–Trinajstić information content (AvgIpc) is 2.80. The molecular formula is C13H11IN4. The maximum Gasteiger partial charge on any atom is 0.137 e. The van der Waals surface area contributed by atoms with E-state index in [-0.39, 0.29) is 0 Å². The molecule has 0 aliphatic carbocycles. The maximum atomic E-state index is 5.81. The zero-order valence-corrected chi connectivity index (χ0v) is 11.9. The molecule has 2 N–H and O–H groups in total. The summed E-state index contributed by atoms with van der Waals surface area (Å²) in [7, 11) is 1.91. The number of nitrogens with zero attached hydrogens (tertiary/aromatic N) is 3. The fourth-order valence-corrected chi connectivity index (χ4v) is 2.58. The number of pyridine rings is 1. The third kappa shape index (κ3) is 1.84. The predicted octanol–water partition coefficient (Wildman–Crippen LogP) is 2.82. The Bertz CT molecular complexity index is 733. The van der Waals surface area contributed by atoms with Crippen LogP contribution in [0.15, 0.2) is 36.8 Å². The molecule has 0 amide bonds. The maximum absolute atomic E-state index is 5.81. The average molecular weight is 350 g/mol. The Hall–Kier alpha value is -1.63. The summed E-state index contributed by atoms with van der Waals surface area (Å²) in [5, 5.41) is 6.41. The largest absolute Gasteiger partial charge is 0.383 e. The van der Waals surface area contributed by atoms with Crippen LogP contribution >= 0.6 is 22.6 Å². The molecule has 4 nitrogen and oxygen atoms in total. The van der Waals surface area contributed by atoms with Crippen molar-refractivity contribution >= 4 is 39.2 Å². The summed E-state index contributed by atoms with van der Waals surface area (Å²) in [5.41, 5.74) is 8.05. The minimum Gasteiger partial charge on any atom is -0.383 e. The topological polar surface area (TPSA) is 56.7 Å². The van der Waals surface area contributed by atoms with Crippen LogP contribution in [-0.2, 0) is 7.05 Å². The van der Waals surface area contributed by atoms with Gasteiger partial charge in [-0.3, -0.25) is 4.68 Å². The number of anilines is 1. The van der Waals surface area contributed by atoms with Crippen molar-refractivity contribution in [3.8, 4) is 11.1 Å². The molecule has 90 valence electrons. The van der Waals surface area contributed by atoms with Crippen LogP contribution in [0.5, 0.6) is 0 Å². The van der Waals surface area contributed by atoms with E-state index in [2.05, 4.69) is 50.9 Å². The van der Waals surface area contributed by atoms with Gasteiger partial charge in [-0.05, 0) is 34.2 Å². The van der Waals surface area contributed by atoms with Crippen LogP contribution < -0.4 is 5.73 Å². The number of aromatic nitrogens is 3. The van der Waals surface area contributed by atoms with Gasteiger partial charge in [0, 0.05) is 35.8 Å². The number of halogens is 1. The monoisotopic (exact) mass is 350 g/mol. The van der Waals surface area contributed by atoms with Crippen molar-refractivity contribution in [2.75, 3.05) is 5.73 Å². The lowest BCUT2D eigenvalue weighted by molar-refractivity contribution is 0.768. The van der Waals surface area contributed by atoms with Gasteiger partial charge in [-0.15, -0.1) is 0 Å². The Morgan fingerprint density at radius 1 is 1.22 bits per heavy atom. The van der Waals surface area contributed by atoms with Gasteiger partial charge < -0.3 is 5.73 Å². The summed E-state index contributed by atoms with van der Waals surface area (Å²) in [6, 6.07) is 6.28. The van der Waals surface area contributed by atoms with Crippen molar-refractivity contribution in [1.82, 2.24) is 14.8 Å². The molecule has 0 aliphatic rings. The quantitative estimate of drug-likeness (QED) is 0.687. The summed E-state index contributed by atoms with van der Waals surface area (Å²) in [5.74, 6) is 0.581. The Morgan fingerprint density at radius 2 is 2.06 bits per heavy atom. The van der Waals surface area contributed by atoms with E-state index in [1.54, 1.807) is 4.68 Å². The van der Waals surface area contributed by atoms with Gasteiger partial charge in [-0.1, -0.05) is 12.1 Å². The first-order valence-electron chi connectivity index (χ1n) is 5.48. The van der Waals surface area contributed by atoms with Crippen LogP contribution in [0.25, 0.3) is 21.9 Å². The Kier molecular flexibility index (Phi) is 2.70. The molecule has 0 radical (unpaired) electrons. The zero-order chi connectivity index (χ0) is 12.7. The van der Waals surface area contributed by atoms with Crippen LogP contribution in [0.3, 0.4) is 0 Å². The van der Waals surface area contributed by atoms with Crippen molar-refractivity contribution in [2.24, 2.45) is 7.05 Å². The molecule has 0 fully saturated rings. The molecule has 3 rings (SSSR count). The summed E-state index contributed by atoms with van der Waals surface area (Å²) < 4.78 is 2.80. The smallest absolute Gasteiger partial charge is 0.137 e. The van der Waals surface area contributed by atoms with E-state index in [1.807, 2.05) is 25.6 Å². The highest BCUT2D eigenvalue weighted by Gasteiger charge is 2.06. The second kappa shape index (κ2) is 4.24. The number of nitrogens with two attached hydrogens (primary N) is 1. The fourth-order valence-electron chi connectivity index (χ4n) is 1.95. The van der Waals surface area contributed by atoms with Gasteiger partial charge in [0.1, 0.15) is 5.82 Å². The van der Waals surface area contributed by atoms with E-state index in [9.17, 15) is 0 Å². The van der Waals surface area contributed by atoms with Crippen LogP contribution in [-0.4, -0.2) is 14.8 Å². The van der Waals surface area contributed by atoms with Gasteiger partial charge >= 0.3 is 0 Å². The van der Waals surface area contributed by atoms with Gasteiger partial charge in [0.2, 0.25) is 0 Å². The highest BCUT2D eigenvalue weighted by molar-refractivity contribution is 14.1. The number of nitrogen functional groups attached to an aromatic ring is 1. The highest BCUT2D eigenvalue weighted by Crippen LogP contribution is 2.28. The molecule has 3 aromatic rings. The van der Waals surface area contributed by atoms with E-state index in [4.69, 9.17) is 5.73 Å². The van der Waals surface area contributed by atoms with Gasteiger partial charge in [0.15, 0.2) is 0 Å². The van der Waals surface area contributed by atoms with Gasteiger partial charge in [0.25, 0.3) is 0 Å². The molecule has 2 heterocycles. The second-order valence-electron chi connectivity index (χ2n) is 4.16. The molecule has 0 saturated heterocycles. The summed E-state index contributed by atoms with van der Waals surface area (Å²) in [6.07, 6.45) is 5.67. The molecule has 18 heavy (non-hydrogen) atoms. The Morgan fingerprint density at radius 3 is 2.78 bits per heavy atom. The first-order valence-corrected chi connectivity index (χ1v) is 6.56. The zero-order valence-electron chi connectivity index (χ0n) is 9.76. The van der Waals surface area contributed by atoms with E-state index < -0.39 is 0 Å². The second-order valence-corrected chi connectivity index (χ2v) is 5.24. The van der Waals surface area contributed by atoms with Gasteiger partial charge in [-0.2, -0.15) is 5.10 Å². The predicted molar refractivity (Wildman–Crippen MR) is 81.1 cm³/mol. The van der Waals surface area contributed by atoms with Crippen LogP contribution in [0, 0.1) is 3.57 Å². The standard InChI is InChI=1S/C13H11IN4/c1-18-7-10(6-17-18)8-2-3-11-9(4-8)5-16-13(15)12(11)14/h2-7H,1H3,(H2,15,16). The van der Waals surface area contributed by atoms with Crippen molar-refractivity contribution in [2.45, 2.75) is 0 Å². The molecule has 1 aromatic carbocycles. The van der Waals surface area contributed by atoms with Crippen LogP contribution in [0.1, 0.15) is 0 Å². The van der Waals surface area contributed by atoms with Crippen molar-refractivity contribution in [1.29, 1.82) is 0 Å². The third-order valence-corrected chi connectivity index (χ3v) is 4.03. The lowest BCUT2D eigenvalue weighted by atomic mass is 10.1. The van der Waals surface area contributed by atoms with E-state index in [0.29, 0.717) is 5.82 Å². The van der Waals surface area contributed by atoms with Crippen molar-refractivity contribution < 1.29 is 0 Å². The van der Waals surface area contributed by atoms with Crippen LogP contribution in [0.4, 0.5) is 5.82 Å². The molecule has 0 aliphatic heterocycles. The fraction of sp³-hybridized carbons (Fsp3) is 0.0769. The lowest BCUT2D eigenvalue weighted by Crippen LogP contribution is -1.94. The number of hydrogen-bond donors (Lipinski definition) is 1. The van der Waals surface area contributed by atoms with E-state index >= 15 is 0 Å². The summed E-state index contributed by atoms with van der Waals surface area (Å²) in [6.45, 7) is 0. The molecular weight excluding hydrogens is 339 g/mol. The molecule has 0 atom stereocenters. The molecule has 0 bridgehead atoms. The number of hydrogen-bond acceptors (Lipinski definition) is 3. The first-order chi connectivity index (χ1) is 8.65. The SMILES string of the molecule is Cn1cc(-c2ccc3c(I)c(N)ncc3c2)cn1.